The monoisotopic (exact) mass is 350 g/mol. The van der Waals surface area contributed by atoms with Gasteiger partial charge in [0.15, 0.2) is 11.6 Å². The van der Waals surface area contributed by atoms with Gasteiger partial charge in [0.1, 0.15) is 0 Å². The van der Waals surface area contributed by atoms with Crippen molar-refractivity contribution >= 4 is 23.4 Å². The van der Waals surface area contributed by atoms with E-state index < -0.39 is 0 Å². The van der Waals surface area contributed by atoms with Crippen LogP contribution in [-0.4, -0.2) is 52.2 Å². The van der Waals surface area contributed by atoms with Crippen LogP contribution in [0.25, 0.3) is 0 Å². The summed E-state index contributed by atoms with van der Waals surface area (Å²) in [5, 5.41) is 11.2. The molecular weight excluding hydrogens is 332 g/mol. The molecule has 26 heavy (non-hydrogen) atoms. The Kier molecular flexibility index (Phi) is 4.46. The predicted octanol–water partition coefficient (Wildman–Crippen LogP) is 2.17. The molecule has 1 saturated heterocycles. The van der Waals surface area contributed by atoms with Crippen LogP contribution >= 0.6 is 0 Å². The first-order chi connectivity index (χ1) is 12.8. The molecule has 1 fully saturated rings. The smallest absolute Gasteiger partial charge is 0.289 e. The average molecular weight is 350 g/mol. The Morgan fingerprint density at radius 3 is 2.58 bits per heavy atom. The number of aromatic nitrogens is 3. The third kappa shape index (κ3) is 3.49. The number of anilines is 3. The lowest BCUT2D eigenvalue weighted by atomic mass is 10.3. The van der Waals surface area contributed by atoms with Crippen LogP contribution in [0.4, 0.5) is 17.5 Å². The van der Waals surface area contributed by atoms with Crippen molar-refractivity contribution in [2.24, 2.45) is 0 Å². The van der Waals surface area contributed by atoms with Crippen LogP contribution in [0.3, 0.4) is 0 Å². The maximum absolute atomic E-state index is 12.3. The van der Waals surface area contributed by atoms with Gasteiger partial charge in [0.05, 0.1) is 12.5 Å². The molecule has 1 aromatic carbocycles. The quantitative estimate of drug-likeness (QED) is 0.771. The zero-order valence-electron chi connectivity index (χ0n) is 14.1. The molecule has 3 aromatic rings. The Hall–Kier alpha value is -3.42. The van der Waals surface area contributed by atoms with E-state index in [0.29, 0.717) is 37.9 Å². The molecule has 8 nitrogen and oxygen atoms in total. The first-order valence-corrected chi connectivity index (χ1v) is 8.39. The van der Waals surface area contributed by atoms with Gasteiger partial charge in [0.2, 0.25) is 5.95 Å². The Morgan fingerprint density at radius 2 is 1.85 bits per heavy atom. The molecule has 0 bridgehead atoms. The third-order valence-electron chi connectivity index (χ3n) is 4.20. The van der Waals surface area contributed by atoms with Gasteiger partial charge >= 0.3 is 0 Å². The summed E-state index contributed by atoms with van der Waals surface area (Å²) < 4.78 is 5.19. The second-order valence-electron chi connectivity index (χ2n) is 5.89. The minimum absolute atomic E-state index is 0.0816. The Labute approximate surface area is 150 Å². The topological polar surface area (TPSA) is 87.4 Å². The number of benzene rings is 1. The third-order valence-corrected chi connectivity index (χ3v) is 4.20. The summed E-state index contributed by atoms with van der Waals surface area (Å²) in [7, 11) is 0. The van der Waals surface area contributed by atoms with Gasteiger partial charge < -0.3 is 19.5 Å². The minimum Gasteiger partial charge on any atom is -0.459 e. The van der Waals surface area contributed by atoms with Crippen LogP contribution in [0.15, 0.2) is 59.3 Å². The molecule has 1 aliphatic rings. The highest BCUT2D eigenvalue weighted by Gasteiger charge is 2.24. The predicted molar refractivity (Wildman–Crippen MR) is 96.4 cm³/mol. The number of carbonyl (C=O) groups excluding carboxylic acids is 1. The fraction of sp³-hybridized carbons (Fsp3) is 0.222. The van der Waals surface area contributed by atoms with Crippen LogP contribution in [0.2, 0.25) is 0 Å². The highest BCUT2D eigenvalue weighted by Crippen LogP contribution is 2.17. The summed E-state index contributed by atoms with van der Waals surface area (Å²) in [5.41, 5.74) is 0.903. The van der Waals surface area contributed by atoms with E-state index in [-0.39, 0.29) is 5.91 Å². The van der Waals surface area contributed by atoms with Gasteiger partial charge in [-0.3, -0.25) is 4.79 Å². The average Bonchev–Trinajstić information content (AvgIpc) is 3.23. The highest BCUT2D eigenvalue weighted by molar-refractivity contribution is 5.91. The number of amides is 1. The summed E-state index contributed by atoms with van der Waals surface area (Å²) >= 11 is 0. The molecule has 2 aromatic heterocycles. The summed E-state index contributed by atoms with van der Waals surface area (Å²) in [6.07, 6.45) is 3.15. The molecule has 0 unspecified atom stereocenters. The molecule has 3 heterocycles. The van der Waals surface area contributed by atoms with Crippen molar-refractivity contribution < 1.29 is 9.21 Å². The molecule has 8 heteroatoms. The molecule has 1 N–H and O–H groups in total. The van der Waals surface area contributed by atoms with Gasteiger partial charge in [-0.1, -0.05) is 18.2 Å². The lowest BCUT2D eigenvalue weighted by molar-refractivity contribution is 0.0714. The molecule has 0 radical (unpaired) electrons. The van der Waals surface area contributed by atoms with Crippen molar-refractivity contribution in [3.63, 3.8) is 0 Å². The molecule has 0 aliphatic carbocycles. The van der Waals surface area contributed by atoms with Crippen molar-refractivity contribution in [3.05, 3.63) is 60.7 Å². The SMILES string of the molecule is O=C(c1ccco1)N1CCN(c2cnnc(Nc3ccccc3)n2)CC1. The lowest BCUT2D eigenvalue weighted by Gasteiger charge is -2.34. The minimum atomic E-state index is -0.0816. The van der Waals surface area contributed by atoms with Gasteiger partial charge in [-0.25, -0.2) is 0 Å². The number of hydrogen-bond acceptors (Lipinski definition) is 7. The summed E-state index contributed by atoms with van der Waals surface area (Å²) in [4.78, 5) is 20.7. The van der Waals surface area contributed by atoms with Crippen molar-refractivity contribution in [2.45, 2.75) is 0 Å². The van der Waals surface area contributed by atoms with E-state index in [2.05, 4.69) is 25.4 Å². The highest BCUT2D eigenvalue weighted by atomic mass is 16.3. The van der Waals surface area contributed by atoms with Crippen LogP contribution < -0.4 is 10.2 Å². The maximum atomic E-state index is 12.3. The standard InChI is InChI=1S/C18H18N6O2/c25-17(15-7-4-12-26-15)24-10-8-23(9-11-24)16-13-19-22-18(21-16)20-14-5-2-1-3-6-14/h1-7,12-13H,8-11H2,(H,20,21,22). The van der Waals surface area contributed by atoms with Crippen LogP contribution in [0, 0.1) is 0 Å². The molecular formula is C18H18N6O2. The van der Waals surface area contributed by atoms with E-state index in [1.54, 1.807) is 23.2 Å². The molecule has 0 saturated carbocycles. The molecule has 1 amide bonds. The van der Waals surface area contributed by atoms with Crippen LogP contribution in [0.1, 0.15) is 10.6 Å². The van der Waals surface area contributed by atoms with Crippen molar-refractivity contribution in [1.82, 2.24) is 20.1 Å². The fourth-order valence-corrected chi connectivity index (χ4v) is 2.85. The van der Waals surface area contributed by atoms with E-state index in [0.717, 1.165) is 11.5 Å². The first kappa shape index (κ1) is 16.1. The zero-order chi connectivity index (χ0) is 17.8. The number of hydrogen-bond donors (Lipinski definition) is 1. The van der Waals surface area contributed by atoms with Crippen molar-refractivity contribution in [1.29, 1.82) is 0 Å². The number of carbonyl (C=O) groups is 1. The molecule has 0 spiro atoms. The van der Waals surface area contributed by atoms with E-state index in [1.807, 2.05) is 30.3 Å². The van der Waals surface area contributed by atoms with E-state index in [4.69, 9.17) is 4.42 Å². The second kappa shape index (κ2) is 7.22. The fourth-order valence-electron chi connectivity index (χ4n) is 2.85. The Bertz CT molecular complexity index is 860. The molecule has 4 rings (SSSR count). The summed E-state index contributed by atoms with van der Waals surface area (Å²) in [6, 6.07) is 13.1. The summed E-state index contributed by atoms with van der Waals surface area (Å²) in [6.45, 7) is 2.56. The second-order valence-corrected chi connectivity index (χ2v) is 5.89. The van der Waals surface area contributed by atoms with E-state index in [9.17, 15) is 4.79 Å². The number of furan rings is 1. The molecule has 0 atom stereocenters. The number of para-hydroxylation sites is 1. The van der Waals surface area contributed by atoms with Gasteiger partial charge in [-0.2, -0.15) is 10.1 Å². The van der Waals surface area contributed by atoms with Crippen molar-refractivity contribution in [2.75, 3.05) is 36.4 Å². The van der Waals surface area contributed by atoms with Gasteiger partial charge in [0, 0.05) is 31.9 Å². The Morgan fingerprint density at radius 1 is 1.04 bits per heavy atom. The van der Waals surface area contributed by atoms with Gasteiger partial charge in [0.25, 0.3) is 5.91 Å². The largest absolute Gasteiger partial charge is 0.459 e. The lowest BCUT2D eigenvalue weighted by Crippen LogP contribution is -2.49. The number of nitrogens with one attached hydrogen (secondary N) is 1. The summed E-state index contributed by atoms with van der Waals surface area (Å²) in [5.74, 6) is 1.48. The number of piperazine rings is 1. The molecule has 1 aliphatic heterocycles. The van der Waals surface area contributed by atoms with Crippen molar-refractivity contribution in [3.8, 4) is 0 Å². The Balaban J connectivity index is 1.40. The maximum Gasteiger partial charge on any atom is 0.289 e. The zero-order valence-corrected chi connectivity index (χ0v) is 14.1. The van der Waals surface area contributed by atoms with E-state index >= 15 is 0 Å². The number of nitrogens with zero attached hydrogens (tertiary/aromatic N) is 5. The van der Waals surface area contributed by atoms with Crippen LogP contribution in [0.5, 0.6) is 0 Å². The molecule has 132 valence electrons. The number of rotatable bonds is 4. The van der Waals surface area contributed by atoms with Gasteiger partial charge in [-0.05, 0) is 24.3 Å². The first-order valence-electron chi connectivity index (χ1n) is 8.39. The van der Waals surface area contributed by atoms with Crippen LogP contribution in [-0.2, 0) is 0 Å². The normalized spacial score (nSPS) is 14.3. The van der Waals surface area contributed by atoms with E-state index in [1.165, 1.54) is 6.26 Å². The van der Waals surface area contributed by atoms with Gasteiger partial charge in [-0.15, -0.1) is 5.10 Å².